The second-order valence-corrected chi connectivity index (χ2v) is 8.51. The number of nitrogens with zero attached hydrogens (tertiary/aromatic N) is 1. The molecule has 0 fully saturated rings. The van der Waals surface area contributed by atoms with Crippen LogP contribution in [0.2, 0.25) is 5.02 Å². The van der Waals surface area contributed by atoms with E-state index in [1.807, 2.05) is 0 Å². The van der Waals surface area contributed by atoms with Crippen LogP contribution in [-0.4, -0.2) is 24.0 Å². The third-order valence-electron chi connectivity index (χ3n) is 4.91. The minimum Gasteiger partial charge on any atom is -0.422 e. The molecular formula is C26H21ClF3N3O4. The summed E-state index contributed by atoms with van der Waals surface area (Å²) in [4.78, 5) is 36.6. The summed E-state index contributed by atoms with van der Waals surface area (Å²) in [6, 6.07) is 14.1. The number of carbonyl (C=O) groups is 3. The summed E-state index contributed by atoms with van der Waals surface area (Å²) in [5, 5.41) is 6.83. The third-order valence-corrected chi connectivity index (χ3v) is 5.14. The number of hydrogen-bond acceptors (Lipinski definition) is 5. The van der Waals surface area contributed by atoms with Crippen LogP contribution in [0.3, 0.4) is 0 Å². The minimum absolute atomic E-state index is 0.0324. The van der Waals surface area contributed by atoms with Crippen LogP contribution in [0, 0.1) is 5.92 Å². The van der Waals surface area contributed by atoms with Crippen LogP contribution < -0.4 is 15.5 Å². The molecular weight excluding hydrogens is 511 g/mol. The molecule has 2 amide bonds. The van der Waals surface area contributed by atoms with Gasteiger partial charge in [0.1, 0.15) is 5.75 Å². The second-order valence-electron chi connectivity index (χ2n) is 8.07. The zero-order valence-corrected chi connectivity index (χ0v) is 20.4. The highest BCUT2D eigenvalue weighted by molar-refractivity contribution is 6.31. The first kappa shape index (κ1) is 27.4. The summed E-state index contributed by atoms with van der Waals surface area (Å²) in [7, 11) is 0. The molecule has 2 N–H and O–H groups in total. The maximum Gasteiger partial charge on any atom is 0.416 e. The fraction of sp³-hybridized carbons (Fsp3) is 0.154. The zero-order valence-electron chi connectivity index (χ0n) is 19.6. The van der Waals surface area contributed by atoms with Gasteiger partial charge in [-0.25, -0.2) is 10.2 Å². The maximum absolute atomic E-state index is 13.0. The van der Waals surface area contributed by atoms with Crippen molar-refractivity contribution < 1.29 is 32.3 Å². The number of halogens is 4. The summed E-state index contributed by atoms with van der Waals surface area (Å²) >= 11 is 6.00. The van der Waals surface area contributed by atoms with Crippen molar-refractivity contribution in [2.24, 2.45) is 11.0 Å². The average molecular weight is 532 g/mol. The Balaban J connectivity index is 1.69. The van der Waals surface area contributed by atoms with E-state index >= 15 is 0 Å². The average Bonchev–Trinajstić information content (AvgIpc) is 2.85. The van der Waals surface area contributed by atoms with E-state index in [1.54, 1.807) is 26.0 Å². The molecule has 192 valence electrons. The summed E-state index contributed by atoms with van der Waals surface area (Å²) in [6.07, 6.45) is -3.44. The number of nitrogens with one attached hydrogen (secondary N) is 2. The molecule has 0 saturated heterocycles. The predicted molar refractivity (Wildman–Crippen MR) is 133 cm³/mol. The highest BCUT2D eigenvalue weighted by Crippen LogP contribution is 2.30. The molecule has 11 heteroatoms. The van der Waals surface area contributed by atoms with Crippen LogP contribution >= 0.6 is 11.6 Å². The molecule has 0 heterocycles. The Hall–Kier alpha value is -4.18. The van der Waals surface area contributed by atoms with Crippen molar-refractivity contribution in [3.05, 3.63) is 94.0 Å². The molecule has 0 spiro atoms. The summed E-state index contributed by atoms with van der Waals surface area (Å²) in [5.41, 5.74) is 2.02. The molecule has 7 nitrogen and oxygen atoms in total. The predicted octanol–water partition coefficient (Wildman–Crippen LogP) is 5.94. The normalized spacial score (nSPS) is 11.4. The lowest BCUT2D eigenvalue weighted by atomic mass is 10.1. The van der Waals surface area contributed by atoms with Crippen LogP contribution in [0.4, 0.5) is 18.9 Å². The second kappa shape index (κ2) is 11.7. The van der Waals surface area contributed by atoms with Gasteiger partial charge in [0.25, 0.3) is 5.91 Å². The lowest BCUT2D eigenvalue weighted by Gasteiger charge is -2.10. The molecule has 0 aliphatic heterocycles. The number of benzene rings is 3. The number of hydrazone groups is 1. The molecule has 3 aromatic carbocycles. The van der Waals surface area contributed by atoms with Gasteiger partial charge in [0.2, 0.25) is 5.91 Å². The molecule has 0 atom stereocenters. The van der Waals surface area contributed by atoms with E-state index in [-0.39, 0.29) is 39.3 Å². The Morgan fingerprint density at radius 2 is 1.68 bits per heavy atom. The topological polar surface area (TPSA) is 96.9 Å². The first-order chi connectivity index (χ1) is 17.4. The molecule has 0 unspecified atom stereocenters. The summed E-state index contributed by atoms with van der Waals surface area (Å²) in [5.74, 6) is -1.96. The van der Waals surface area contributed by atoms with E-state index in [9.17, 15) is 27.6 Å². The van der Waals surface area contributed by atoms with E-state index in [2.05, 4.69) is 15.8 Å². The molecule has 3 aromatic rings. The molecule has 0 aromatic heterocycles. The van der Waals surface area contributed by atoms with Crippen LogP contribution in [0.25, 0.3) is 0 Å². The van der Waals surface area contributed by atoms with Crippen molar-refractivity contribution in [3.63, 3.8) is 0 Å². The van der Waals surface area contributed by atoms with E-state index in [4.69, 9.17) is 16.3 Å². The number of rotatable bonds is 7. The minimum atomic E-state index is -4.62. The Morgan fingerprint density at radius 1 is 0.973 bits per heavy atom. The Morgan fingerprint density at radius 3 is 2.32 bits per heavy atom. The van der Waals surface area contributed by atoms with E-state index in [0.717, 1.165) is 12.1 Å². The van der Waals surface area contributed by atoms with Gasteiger partial charge in [0.05, 0.1) is 17.3 Å². The van der Waals surface area contributed by atoms with Gasteiger partial charge in [-0.05, 0) is 60.7 Å². The van der Waals surface area contributed by atoms with Crippen LogP contribution in [-0.2, 0) is 11.0 Å². The van der Waals surface area contributed by atoms with Crippen molar-refractivity contribution in [1.29, 1.82) is 0 Å². The van der Waals surface area contributed by atoms with Crippen LogP contribution in [0.5, 0.6) is 5.75 Å². The van der Waals surface area contributed by atoms with Crippen molar-refractivity contribution in [2.45, 2.75) is 20.0 Å². The molecule has 0 aliphatic carbocycles. The van der Waals surface area contributed by atoms with Gasteiger partial charge in [-0.3, -0.25) is 9.59 Å². The van der Waals surface area contributed by atoms with Gasteiger partial charge >= 0.3 is 12.1 Å². The third kappa shape index (κ3) is 7.65. The number of hydrogen-bond donors (Lipinski definition) is 2. The fourth-order valence-corrected chi connectivity index (χ4v) is 3.09. The number of ether oxygens (including phenoxy) is 1. The van der Waals surface area contributed by atoms with E-state index in [0.29, 0.717) is 11.8 Å². The lowest BCUT2D eigenvalue weighted by molar-refractivity contribution is -0.137. The molecule has 3 rings (SSSR count). The van der Waals surface area contributed by atoms with Crippen molar-refractivity contribution in [2.75, 3.05) is 5.32 Å². The standard InChI is InChI=1S/C26H21ClF3N3O4/c1-15(2)23(34)32-21-9-6-16(7-10-21)24(35)33-31-14-18-13-20(27)8-11-22(18)37-25(36)17-4-3-5-19(12-17)26(28,29)30/h3-15H,1-2H3,(H,32,34)(H,33,35)/b31-14+. The number of anilines is 1. The van der Waals surface area contributed by atoms with E-state index < -0.39 is 23.6 Å². The fourth-order valence-electron chi connectivity index (χ4n) is 2.91. The quantitative estimate of drug-likeness (QED) is 0.171. The van der Waals surface area contributed by atoms with Gasteiger partial charge in [-0.1, -0.05) is 31.5 Å². The Bertz CT molecular complexity index is 1340. The summed E-state index contributed by atoms with van der Waals surface area (Å²) < 4.78 is 44.1. The molecule has 0 saturated carbocycles. The van der Waals surface area contributed by atoms with Gasteiger partial charge in [0.15, 0.2) is 0 Å². The monoisotopic (exact) mass is 531 g/mol. The van der Waals surface area contributed by atoms with Crippen molar-refractivity contribution >= 4 is 41.3 Å². The highest BCUT2D eigenvalue weighted by atomic mass is 35.5. The zero-order chi connectivity index (χ0) is 27.2. The van der Waals surface area contributed by atoms with Gasteiger partial charge < -0.3 is 10.1 Å². The number of carbonyl (C=O) groups excluding carboxylic acids is 3. The number of alkyl halides is 3. The molecule has 0 bridgehead atoms. The Kier molecular flexibility index (Phi) is 8.67. The first-order valence-corrected chi connectivity index (χ1v) is 11.2. The van der Waals surface area contributed by atoms with Gasteiger partial charge in [-0.15, -0.1) is 0 Å². The summed E-state index contributed by atoms with van der Waals surface area (Å²) in [6.45, 7) is 3.51. The highest BCUT2D eigenvalue weighted by Gasteiger charge is 2.31. The van der Waals surface area contributed by atoms with Crippen LogP contribution in [0.1, 0.15) is 45.7 Å². The molecule has 0 aliphatic rings. The van der Waals surface area contributed by atoms with E-state index in [1.165, 1.54) is 42.6 Å². The van der Waals surface area contributed by atoms with Gasteiger partial charge in [0, 0.05) is 27.8 Å². The van der Waals surface area contributed by atoms with Crippen molar-refractivity contribution in [1.82, 2.24) is 5.43 Å². The SMILES string of the molecule is CC(C)C(=O)Nc1ccc(C(=O)N/N=C/c2cc(Cl)ccc2OC(=O)c2cccc(C(F)(F)F)c2)cc1. The largest absolute Gasteiger partial charge is 0.422 e. The van der Waals surface area contributed by atoms with Crippen LogP contribution in [0.15, 0.2) is 71.8 Å². The first-order valence-electron chi connectivity index (χ1n) is 10.9. The lowest BCUT2D eigenvalue weighted by Crippen LogP contribution is -2.19. The number of esters is 1. The smallest absolute Gasteiger partial charge is 0.416 e. The molecule has 37 heavy (non-hydrogen) atoms. The maximum atomic E-state index is 13.0. The van der Waals surface area contributed by atoms with Gasteiger partial charge in [-0.2, -0.15) is 18.3 Å². The number of amides is 2. The molecule has 0 radical (unpaired) electrons. The Labute approximate surface area is 215 Å². The van der Waals surface area contributed by atoms with Crippen molar-refractivity contribution in [3.8, 4) is 5.75 Å².